The summed E-state index contributed by atoms with van der Waals surface area (Å²) in [6, 6.07) is 7.25. The van der Waals surface area contributed by atoms with Crippen molar-refractivity contribution in [1.29, 1.82) is 0 Å². The van der Waals surface area contributed by atoms with Gasteiger partial charge < -0.3 is 25.6 Å². The van der Waals surface area contributed by atoms with Crippen LogP contribution < -0.4 is 21.3 Å². The molecule has 0 unspecified atom stereocenters. The molecule has 13 heteroatoms. The highest BCUT2D eigenvalue weighted by molar-refractivity contribution is 7.15. The highest BCUT2D eigenvalue weighted by Crippen LogP contribution is 2.26. The fourth-order valence-electron chi connectivity index (χ4n) is 3.42. The highest BCUT2D eigenvalue weighted by atomic mass is 32.1. The lowest BCUT2D eigenvalue weighted by molar-refractivity contribution is -0.114. The first-order valence-electron chi connectivity index (χ1n) is 10.7. The molecule has 3 rings (SSSR count). The monoisotopic (exact) mass is 492 g/mol. The van der Waals surface area contributed by atoms with Crippen molar-refractivity contribution >= 4 is 40.2 Å². The maximum Gasteiger partial charge on any atom is 0.407 e. The van der Waals surface area contributed by atoms with Crippen LogP contribution in [-0.4, -0.2) is 70.8 Å². The van der Waals surface area contributed by atoms with Crippen LogP contribution in [0.5, 0.6) is 0 Å². The van der Waals surface area contributed by atoms with Crippen molar-refractivity contribution in [3.8, 4) is 0 Å². The Balaban J connectivity index is 1.63. The molecule has 0 bridgehead atoms. The van der Waals surface area contributed by atoms with Gasteiger partial charge in [0, 0.05) is 37.1 Å². The van der Waals surface area contributed by atoms with Crippen molar-refractivity contribution in [2.75, 3.05) is 36.9 Å². The Morgan fingerprint density at radius 2 is 1.74 bits per heavy atom. The van der Waals surface area contributed by atoms with Crippen molar-refractivity contribution in [1.82, 2.24) is 20.5 Å². The molecule has 1 aromatic carbocycles. The van der Waals surface area contributed by atoms with E-state index >= 15 is 0 Å². The van der Waals surface area contributed by atoms with Crippen LogP contribution in [0.2, 0.25) is 0 Å². The lowest BCUT2D eigenvalue weighted by atomic mass is 10.1. The van der Waals surface area contributed by atoms with E-state index in [1.807, 2.05) is 22.8 Å². The molecule has 12 nitrogen and oxygen atoms in total. The summed E-state index contributed by atoms with van der Waals surface area (Å²) >= 11 is 1.49. The van der Waals surface area contributed by atoms with Gasteiger partial charge >= 0.3 is 12.2 Å². The minimum absolute atomic E-state index is 0.158. The Morgan fingerprint density at radius 1 is 1.09 bits per heavy atom. The van der Waals surface area contributed by atoms with Gasteiger partial charge in [-0.05, 0) is 30.5 Å². The van der Waals surface area contributed by atoms with Gasteiger partial charge in [-0.1, -0.05) is 12.1 Å². The van der Waals surface area contributed by atoms with Gasteiger partial charge in [-0.15, -0.1) is 11.3 Å². The number of carbonyl (C=O) groups excluding carboxylic acids is 1. The number of carboxylic acid groups (broad SMARTS) is 2. The summed E-state index contributed by atoms with van der Waals surface area (Å²) in [5.74, 6) is -0.158. The third kappa shape index (κ3) is 8.17. The van der Waals surface area contributed by atoms with Crippen molar-refractivity contribution < 1.29 is 29.3 Å². The third-order valence-corrected chi connectivity index (χ3v) is 5.98. The molecule has 184 valence electrons. The van der Waals surface area contributed by atoms with E-state index in [-0.39, 0.29) is 5.91 Å². The molecule has 6 N–H and O–H groups in total. The summed E-state index contributed by atoms with van der Waals surface area (Å²) in [7, 11) is 0. The first-order valence-corrected chi connectivity index (χ1v) is 11.5. The van der Waals surface area contributed by atoms with E-state index in [0.717, 1.165) is 35.8 Å². The largest absolute Gasteiger partial charge is 0.465 e. The van der Waals surface area contributed by atoms with Crippen LogP contribution in [0.3, 0.4) is 0 Å². The Hall–Kier alpha value is -3.42. The molecular formula is C21H28N6O6S. The maximum absolute atomic E-state index is 11.5. The van der Waals surface area contributed by atoms with E-state index in [2.05, 4.69) is 20.5 Å². The number of aryl methyl sites for hydroxylation is 2. The summed E-state index contributed by atoms with van der Waals surface area (Å²) < 4.78 is 5.42. The van der Waals surface area contributed by atoms with Gasteiger partial charge in [-0.3, -0.25) is 20.3 Å². The molecule has 2 heterocycles. The first kappa shape index (κ1) is 25.2. The number of hydrogen-bond donors (Lipinski definition) is 6. The van der Waals surface area contributed by atoms with E-state index in [1.165, 1.54) is 18.3 Å². The van der Waals surface area contributed by atoms with E-state index in [9.17, 15) is 14.4 Å². The first-order chi connectivity index (χ1) is 16.3. The number of nitrogens with one attached hydrogen (secondary N) is 4. The number of ether oxygens (including phenoxy) is 1. The molecule has 2 aromatic rings. The van der Waals surface area contributed by atoms with Gasteiger partial charge in [-0.25, -0.2) is 14.6 Å². The van der Waals surface area contributed by atoms with Crippen molar-refractivity contribution in [3.63, 3.8) is 0 Å². The summed E-state index contributed by atoms with van der Waals surface area (Å²) in [6.07, 6.45) is -2.52. The average Bonchev–Trinajstić information content (AvgIpc) is 3.13. The Labute approximate surface area is 200 Å². The van der Waals surface area contributed by atoms with Crippen molar-refractivity contribution in [3.05, 3.63) is 40.4 Å². The number of nitrogens with zero attached hydrogens (tertiary/aromatic N) is 2. The van der Waals surface area contributed by atoms with Crippen LogP contribution in [0.4, 0.5) is 20.4 Å². The second kappa shape index (κ2) is 12.2. The maximum atomic E-state index is 11.5. The van der Waals surface area contributed by atoms with E-state index in [4.69, 9.17) is 14.9 Å². The average molecular weight is 493 g/mol. The van der Waals surface area contributed by atoms with Crippen LogP contribution in [0.1, 0.15) is 23.1 Å². The van der Waals surface area contributed by atoms with Gasteiger partial charge in [0.25, 0.3) is 0 Å². The topological polar surface area (TPSA) is 165 Å². The predicted molar refractivity (Wildman–Crippen MR) is 126 cm³/mol. The second-order valence-electron chi connectivity index (χ2n) is 7.63. The SMILES string of the molecule is CC(=O)Nc1nc(CCc2ccc(NC(NC(=O)O)NC(=O)O)cc2)c(CN2CCOCC2)s1. The number of benzene rings is 1. The normalized spacial score (nSPS) is 13.9. The molecule has 0 radical (unpaired) electrons. The van der Waals surface area contributed by atoms with Crippen LogP contribution in [0.15, 0.2) is 24.3 Å². The molecule has 1 aromatic heterocycles. The lowest BCUT2D eigenvalue weighted by Gasteiger charge is -2.26. The summed E-state index contributed by atoms with van der Waals surface area (Å²) in [6.45, 7) is 5.34. The number of morpholine rings is 1. The zero-order valence-corrected chi connectivity index (χ0v) is 19.5. The number of anilines is 2. The van der Waals surface area contributed by atoms with Crippen LogP contribution in [0, 0.1) is 0 Å². The van der Waals surface area contributed by atoms with Gasteiger partial charge in [0.1, 0.15) is 0 Å². The minimum atomic E-state index is -1.36. The van der Waals surface area contributed by atoms with Crippen LogP contribution in [0.25, 0.3) is 0 Å². The fraction of sp³-hybridized carbons (Fsp3) is 0.429. The second-order valence-corrected chi connectivity index (χ2v) is 8.72. The minimum Gasteiger partial charge on any atom is -0.465 e. The molecule has 1 aliphatic heterocycles. The Kier molecular flexibility index (Phi) is 9.01. The molecule has 34 heavy (non-hydrogen) atoms. The van der Waals surface area contributed by atoms with Gasteiger partial charge in [0.05, 0.1) is 18.9 Å². The number of amides is 3. The molecule has 3 amide bonds. The lowest BCUT2D eigenvalue weighted by Crippen LogP contribution is -2.52. The smallest absolute Gasteiger partial charge is 0.407 e. The van der Waals surface area contributed by atoms with Gasteiger partial charge in [0.2, 0.25) is 5.91 Å². The van der Waals surface area contributed by atoms with E-state index in [0.29, 0.717) is 36.9 Å². The van der Waals surface area contributed by atoms with E-state index < -0.39 is 18.5 Å². The Bertz CT molecular complexity index is 976. The summed E-state index contributed by atoms with van der Waals surface area (Å²) in [5.41, 5.74) is 2.52. The van der Waals surface area contributed by atoms with Crippen molar-refractivity contribution in [2.24, 2.45) is 0 Å². The Morgan fingerprint density at radius 3 is 2.32 bits per heavy atom. The predicted octanol–water partition coefficient (Wildman–Crippen LogP) is 1.95. The third-order valence-electron chi connectivity index (χ3n) is 4.98. The van der Waals surface area contributed by atoms with Gasteiger partial charge in [-0.2, -0.15) is 0 Å². The number of hydrogen-bond acceptors (Lipinski definition) is 8. The summed E-state index contributed by atoms with van der Waals surface area (Å²) in [4.78, 5) is 41.2. The van der Waals surface area contributed by atoms with Crippen LogP contribution in [-0.2, 0) is 28.9 Å². The molecule has 1 saturated heterocycles. The zero-order valence-electron chi connectivity index (χ0n) is 18.7. The van der Waals surface area contributed by atoms with Crippen molar-refractivity contribution in [2.45, 2.75) is 32.6 Å². The number of carbonyl (C=O) groups is 3. The molecule has 0 aliphatic carbocycles. The van der Waals surface area contributed by atoms with Crippen LogP contribution >= 0.6 is 11.3 Å². The molecular weight excluding hydrogens is 464 g/mol. The molecule has 1 aliphatic rings. The number of rotatable bonds is 10. The number of thiazole rings is 1. The summed E-state index contributed by atoms with van der Waals surface area (Å²) in [5, 5.41) is 27.9. The molecule has 0 saturated carbocycles. The van der Waals surface area contributed by atoms with Gasteiger partial charge in [0.15, 0.2) is 11.4 Å². The highest BCUT2D eigenvalue weighted by Gasteiger charge is 2.18. The van der Waals surface area contributed by atoms with E-state index in [1.54, 1.807) is 12.1 Å². The number of aromatic nitrogens is 1. The molecule has 1 fully saturated rings. The standard InChI is InChI=1S/C21H28N6O6S/c1-13(28)22-19-24-16(17(34-19)12-27-8-10-33-11-9-27)7-4-14-2-5-15(6-3-14)23-18(25-20(29)30)26-21(31)32/h2-3,5-6,18,23,25-26H,4,7-12H2,1H3,(H,29,30)(H,31,32)(H,22,24,28). The molecule has 0 spiro atoms. The fourth-order valence-corrected chi connectivity index (χ4v) is 4.52. The zero-order chi connectivity index (χ0) is 24.5. The molecule has 0 atom stereocenters. The quantitative estimate of drug-likeness (QED) is 0.272.